The lowest BCUT2D eigenvalue weighted by Gasteiger charge is -2.07. The van der Waals surface area contributed by atoms with Crippen LogP contribution < -0.4 is 16.4 Å². The molecule has 0 aromatic heterocycles. The largest absolute Gasteiger partial charge is 0.366 e. The van der Waals surface area contributed by atoms with Crippen molar-refractivity contribution in [3.63, 3.8) is 0 Å². The second kappa shape index (κ2) is 6.87. The Balaban J connectivity index is 1.98. The molecule has 7 nitrogen and oxygen atoms in total. The van der Waals surface area contributed by atoms with E-state index < -0.39 is 17.7 Å². The summed E-state index contributed by atoms with van der Waals surface area (Å²) in [5.74, 6) is -2.30. The predicted molar refractivity (Wildman–Crippen MR) is 83.4 cm³/mol. The first-order valence-corrected chi connectivity index (χ1v) is 6.52. The highest BCUT2D eigenvalue weighted by atomic mass is 16.2. The highest BCUT2D eigenvalue weighted by molar-refractivity contribution is 6.43. The van der Waals surface area contributed by atoms with Gasteiger partial charge >= 0.3 is 11.8 Å². The van der Waals surface area contributed by atoms with Crippen LogP contribution in [0.4, 0.5) is 11.4 Å². The summed E-state index contributed by atoms with van der Waals surface area (Å²) in [4.78, 5) is 34.5. The predicted octanol–water partition coefficient (Wildman–Crippen LogP) is 1.23. The molecule has 2 rings (SSSR count). The molecule has 114 valence electrons. The minimum Gasteiger partial charge on any atom is -0.366 e. The van der Waals surface area contributed by atoms with Gasteiger partial charge in [-0.2, -0.15) is 5.26 Å². The minimum atomic E-state index is -0.860. The van der Waals surface area contributed by atoms with Crippen LogP contribution in [0.2, 0.25) is 0 Å². The Morgan fingerprint density at radius 2 is 1.26 bits per heavy atom. The SMILES string of the molecule is N#Cc1ccc(NC(=O)C(=O)Nc2ccc(C(N)=O)cc2)cc1. The number of benzene rings is 2. The number of carbonyl (C=O) groups excluding carboxylic acids is 3. The minimum absolute atomic E-state index is 0.296. The number of hydrogen-bond acceptors (Lipinski definition) is 4. The number of nitrogens with zero attached hydrogens (tertiary/aromatic N) is 1. The molecular formula is C16H12N4O3. The number of rotatable bonds is 3. The van der Waals surface area contributed by atoms with Crippen molar-refractivity contribution < 1.29 is 14.4 Å². The fourth-order valence-corrected chi connectivity index (χ4v) is 1.72. The van der Waals surface area contributed by atoms with E-state index in [1.165, 1.54) is 48.5 Å². The molecule has 2 aromatic rings. The third-order valence-corrected chi connectivity index (χ3v) is 2.91. The van der Waals surface area contributed by atoms with Crippen molar-refractivity contribution in [1.82, 2.24) is 0 Å². The number of hydrogen-bond donors (Lipinski definition) is 3. The molecule has 0 aliphatic rings. The summed E-state index contributed by atoms with van der Waals surface area (Å²) in [7, 11) is 0. The van der Waals surface area contributed by atoms with Gasteiger partial charge in [-0.25, -0.2) is 0 Å². The molecule has 0 atom stereocenters. The standard InChI is InChI=1S/C16H12N4O3/c17-9-10-1-5-12(6-2-10)19-15(22)16(23)20-13-7-3-11(4-8-13)14(18)21/h1-8H,(H2,18,21)(H,19,22)(H,20,23). The molecule has 0 saturated heterocycles. The molecule has 0 bridgehead atoms. The number of nitriles is 1. The summed E-state index contributed by atoms with van der Waals surface area (Å²) in [6, 6.07) is 13.8. The van der Waals surface area contributed by atoms with Crippen LogP contribution in [0.5, 0.6) is 0 Å². The van der Waals surface area contributed by atoms with E-state index in [0.29, 0.717) is 22.5 Å². The van der Waals surface area contributed by atoms with E-state index in [1.54, 1.807) is 0 Å². The molecule has 23 heavy (non-hydrogen) atoms. The van der Waals surface area contributed by atoms with Crippen molar-refractivity contribution in [1.29, 1.82) is 5.26 Å². The quantitative estimate of drug-likeness (QED) is 0.737. The first-order chi connectivity index (χ1) is 11.0. The monoisotopic (exact) mass is 308 g/mol. The van der Waals surface area contributed by atoms with Gasteiger partial charge in [0.1, 0.15) is 0 Å². The lowest BCUT2D eigenvalue weighted by Crippen LogP contribution is -2.29. The Labute approximate surface area is 131 Å². The summed E-state index contributed by atoms with van der Waals surface area (Å²) in [6.45, 7) is 0. The van der Waals surface area contributed by atoms with E-state index in [9.17, 15) is 14.4 Å². The average Bonchev–Trinajstić information content (AvgIpc) is 2.56. The van der Waals surface area contributed by atoms with Crippen molar-refractivity contribution in [2.24, 2.45) is 5.73 Å². The van der Waals surface area contributed by atoms with Crippen LogP contribution in [0, 0.1) is 11.3 Å². The molecule has 0 fully saturated rings. The molecule has 2 aromatic carbocycles. The Morgan fingerprint density at radius 3 is 1.65 bits per heavy atom. The van der Waals surface area contributed by atoms with Crippen molar-refractivity contribution in [2.45, 2.75) is 0 Å². The zero-order valence-corrected chi connectivity index (χ0v) is 11.9. The highest BCUT2D eigenvalue weighted by Gasteiger charge is 2.14. The Kier molecular flexibility index (Phi) is 4.69. The third kappa shape index (κ3) is 4.15. The van der Waals surface area contributed by atoms with Crippen LogP contribution >= 0.6 is 0 Å². The second-order valence-electron chi connectivity index (χ2n) is 4.54. The van der Waals surface area contributed by atoms with Gasteiger partial charge in [-0.15, -0.1) is 0 Å². The van der Waals surface area contributed by atoms with Gasteiger partial charge in [-0.3, -0.25) is 14.4 Å². The zero-order chi connectivity index (χ0) is 16.8. The smallest absolute Gasteiger partial charge is 0.314 e. The second-order valence-corrected chi connectivity index (χ2v) is 4.54. The first kappa shape index (κ1) is 15.7. The average molecular weight is 308 g/mol. The maximum atomic E-state index is 11.8. The molecule has 7 heteroatoms. The van der Waals surface area contributed by atoms with E-state index >= 15 is 0 Å². The molecule has 0 aliphatic heterocycles. The number of anilines is 2. The van der Waals surface area contributed by atoms with Crippen LogP contribution in [-0.4, -0.2) is 17.7 Å². The topological polar surface area (TPSA) is 125 Å². The van der Waals surface area contributed by atoms with E-state index in [2.05, 4.69) is 10.6 Å². The number of amides is 3. The zero-order valence-electron chi connectivity index (χ0n) is 11.9. The van der Waals surface area contributed by atoms with E-state index in [-0.39, 0.29) is 0 Å². The van der Waals surface area contributed by atoms with Gasteiger partial charge in [-0.05, 0) is 48.5 Å². The Morgan fingerprint density at radius 1 is 0.826 bits per heavy atom. The highest BCUT2D eigenvalue weighted by Crippen LogP contribution is 2.11. The van der Waals surface area contributed by atoms with Crippen molar-refractivity contribution in [2.75, 3.05) is 10.6 Å². The van der Waals surface area contributed by atoms with Crippen molar-refractivity contribution in [3.05, 3.63) is 59.7 Å². The summed E-state index contributed by atoms with van der Waals surface area (Å²) < 4.78 is 0. The fourth-order valence-electron chi connectivity index (χ4n) is 1.72. The van der Waals surface area contributed by atoms with E-state index in [0.717, 1.165) is 0 Å². The van der Waals surface area contributed by atoms with Gasteiger partial charge in [0, 0.05) is 16.9 Å². The number of nitrogens with two attached hydrogens (primary N) is 1. The fraction of sp³-hybridized carbons (Fsp3) is 0. The van der Waals surface area contributed by atoms with Crippen LogP contribution in [0.15, 0.2) is 48.5 Å². The summed E-state index contributed by atoms with van der Waals surface area (Å²) in [5, 5.41) is 13.5. The number of nitrogens with one attached hydrogen (secondary N) is 2. The van der Waals surface area contributed by atoms with Crippen molar-refractivity contribution in [3.8, 4) is 6.07 Å². The van der Waals surface area contributed by atoms with E-state index in [4.69, 9.17) is 11.0 Å². The van der Waals surface area contributed by atoms with Gasteiger partial charge < -0.3 is 16.4 Å². The molecule has 0 unspecified atom stereocenters. The van der Waals surface area contributed by atoms with Crippen LogP contribution in [0.25, 0.3) is 0 Å². The van der Waals surface area contributed by atoms with Gasteiger partial charge in [0.15, 0.2) is 0 Å². The summed E-state index contributed by atoms with van der Waals surface area (Å²) in [5.41, 5.74) is 6.60. The first-order valence-electron chi connectivity index (χ1n) is 6.52. The normalized spacial score (nSPS) is 9.52. The molecule has 0 spiro atoms. The molecule has 0 heterocycles. The lowest BCUT2D eigenvalue weighted by atomic mass is 10.2. The number of primary amides is 1. The number of carbonyl (C=O) groups is 3. The molecular weight excluding hydrogens is 296 g/mol. The molecule has 0 aliphatic carbocycles. The third-order valence-electron chi connectivity index (χ3n) is 2.91. The van der Waals surface area contributed by atoms with Gasteiger partial charge in [-0.1, -0.05) is 0 Å². The molecule has 0 radical (unpaired) electrons. The van der Waals surface area contributed by atoms with Crippen LogP contribution in [-0.2, 0) is 9.59 Å². The molecule has 3 amide bonds. The van der Waals surface area contributed by atoms with Gasteiger partial charge in [0.2, 0.25) is 5.91 Å². The lowest BCUT2D eigenvalue weighted by molar-refractivity contribution is -0.132. The van der Waals surface area contributed by atoms with Gasteiger partial charge in [0.05, 0.1) is 11.6 Å². The summed E-state index contributed by atoms with van der Waals surface area (Å²) >= 11 is 0. The van der Waals surface area contributed by atoms with E-state index in [1.807, 2.05) is 6.07 Å². The Bertz CT molecular complexity index is 790. The molecule has 0 saturated carbocycles. The Hall–Kier alpha value is -3.66. The maximum absolute atomic E-state index is 11.8. The maximum Gasteiger partial charge on any atom is 0.314 e. The summed E-state index contributed by atoms with van der Waals surface area (Å²) in [6.07, 6.45) is 0. The van der Waals surface area contributed by atoms with Crippen molar-refractivity contribution >= 4 is 29.1 Å². The van der Waals surface area contributed by atoms with Crippen LogP contribution in [0.3, 0.4) is 0 Å². The van der Waals surface area contributed by atoms with Gasteiger partial charge in [0.25, 0.3) is 0 Å². The molecule has 4 N–H and O–H groups in total. The van der Waals surface area contributed by atoms with Crippen LogP contribution in [0.1, 0.15) is 15.9 Å².